The van der Waals surface area contributed by atoms with Crippen molar-refractivity contribution in [3.8, 4) is 0 Å². The van der Waals surface area contributed by atoms with Crippen LogP contribution in [0.3, 0.4) is 0 Å². The predicted octanol–water partition coefficient (Wildman–Crippen LogP) is 5.52. The third kappa shape index (κ3) is 3.33. The van der Waals surface area contributed by atoms with Crippen molar-refractivity contribution in [3.05, 3.63) is 94.3 Å². The number of benzene rings is 3. The van der Waals surface area contributed by atoms with Crippen LogP contribution in [-0.2, 0) is 12.2 Å². The number of fused-ring (bicyclic) bond motifs is 3. The molecule has 0 aliphatic carbocycles. The Labute approximate surface area is 177 Å². The van der Waals surface area contributed by atoms with E-state index in [1.807, 2.05) is 0 Å². The van der Waals surface area contributed by atoms with Crippen LogP contribution < -0.4 is 5.56 Å². The van der Waals surface area contributed by atoms with Crippen LogP contribution in [0.25, 0.3) is 21.7 Å². The smallest absolute Gasteiger partial charge is 0.333 e. The first-order chi connectivity index (χ1) is 14.9. The average molecular weight is 451 g/mol. The van der Waals surface area contributed by atoms with Gasteiger partial charge in [-0.25, -0.2) is 4.39 Å². The topological polar surface area (TPSA) is 42.2 Å². The highest BCUT2D eigenvalue weighted by molar-refractivity contribution is 6.05. The molecule has 0 fully saturated rings. The number of nitrogens with zero attached hydrogens (tertiary/aromatic N) is 1. The second kappa shape index (κ2) is 7.37. The van der Waals surface area contributed by atoms with Crippen molar-refractivity contribution in [2.45, 2.75) is 24.5 Å². The zero-order chi connectivity index (χ0) is 23.3. The summed E-state index contributed by atoms with van der Waals surface area (Å²) in [5.74, 6) is 0. The van der Waals surface area contributed by atoms with E-state index in [0.29, 0.717) is 17.7 Å². The van der Waals surface area contributed by atoms with Crippen LogP contribution in [0.5, 0.6) is 0 Å². The summed E-state index contributed by atoms with van der Waals surface area (Å²) in [5, 5.41) is 9.08. The largest absolute Gasteiger partial charge is 0.435 e. The maximum absolute atomic E-state index is 14.8. The van der Waals surface area contributed by atoms with Crippen molar-refractivity contribution >= 4 is 21.7 Å². The number of halogens is 6. The zero-order valence-corrected chi connectivity index (χ0v) is 16.2. The lowest BCUT2D eigenvalue weighted by molar-refractivity contribution is -0.375. The molecule has 0 spiro atoms. The molecule has 1 atom stereocenters. The number of rotatable bonds is 4. The Bertz CT molecular complexity index is 1340. The first-order valence-electron chi connectivity index (χ1n) is 9.40. The zero-order valence-electron chi connectivity index (χ0n) is 16.2. The minimum atomic E-state index is -6.10. The molecule has 4 aromatic rings. The fourth-order valence-corrected chi connectivity index (χ4v) is 3.79. The Morgan fingerprint density at radius 2 is 1.34 bits per heavy atom. The Hall–Kier alpha value is -3.33. The molecular weight excluding hydrogens is 436 g/mol. The molecule has 1 unspecified atom stereocenters. The minimum Gasteiger partial charge on any atom is -0.333 e. The van der Waals surface area contributed by atoms with Gasteiger partial charge in [0.1, 0.15) is 0 Å². The molecule has 0 saturated carbocycles. The van der Waals surface area contributed by atoms with E-state index >= 15 is 0 Å². The van der Waals surface area contributed by atoms with E-state index < -0.39 is 29.1 Å². The minimum absolute atomic E-state index is 0.0378. The maximum Gasteiger partial charge on any atom is 0.435 e. The van der Waals surface area contributed by atoms with Crippen LogP contribution in [-0.4, -0.2) is 22.0 Å². The predicted molar refractivity (Wildman–Crippen MR) is 107 cm³/mol. The molecule has 4 rings (SSSR count). The molecular formula is C23H15F6NO2. The molecule has 0 amide bonds. The molecule has 1 aromatic heterocycles. The number of aliphatic hydroxyl groups is 1. The van der Waals surface area contributed by atoms with Gasteiger partial charge in [-0.3, -0.25) is 4.79 Å². The van der Waals surface area contributed by atoms with E-state index in [1.54, 1.807) is 36.4 Å². The van der Waals surface area contributed by atoms with Crippen molar-refractivity contribution in [3.63, 3.8) is 0 Å². The lowest BCUT2D eigenvalue weighted by Gasteiger charge is -2.32. The van der Waals surface area contributed by atoms with Gasteiger partial charge in [-0.1, -0.05) is 54.6 Å². The normalized spacial score (nSPS) is 14.6. The molecule has 1 heterocycles. The quantitative estimate of drug-likeness (QED) is 0.328. The van der Waals surface area contributed by atoms with Crippen molar-refractivity contribution < 1.29 is 31.4 Å². The molecule has 1 N–H and O–H groups in total. The van der Waals surface area contributed by atoms with E-state index in [2.05, 4.69) is 0 Å². The summed E-state index contributed by atoms with van der Waals surface area (Å²) in [7, 11) is 0. The van der Waals surface area contributed by atoms with Gasteiger partial charge in [0.25, 0.3) is 5.56 Å². The molecule has 0 radical (unpaired) electrons. The number of aromatic nitrogens is 1. The fourth-order valence-electron chi connectivity index (χ4n) is 3.79. The van der Waals surface area contributed by atoms with E-state index in [-0.39, 0.29) is 28.2 Å². The van der Waals surface area contributed by atoms with Crippen molar-refractivity contribution in [1.29, 1.82) is 0 Å². The van der Waals surface area contributed by atoms with E-state index in [0.717, 1.165) is 6.07 Å². The summed E-state index contributed by atoms with van der Waals surface area (Å²) >= 11 is 0. The third-order valence-corrected chi connectivity index (χ3v) is 5.37. The molecule has 9 heteroatoms. The first-order valence-corrected chi connectivity index (χ1v) is 9.40. The van der Waals surface area contributed by atoms with Crippen LogP contribution in [0.15, 0.2) is 77.6 Å². The van der Waals surface area contributed by atoms with Gasteiger partial charge in [-0.15, -0.1) is 0 Å². The number of hydrogen-bond acceptors (Lipinski definition) is 2. The molecule has 32 heavy (non-hydrogen) atoms. The van der Waals surface area contributed by atoms with Gasteiger partial charge in [0.15, 0.2) is 0 Å². The summed E-state index contributed by atoms with van der Waals surface area (Å²) in [4.78, 5) is 13.1. The molecule has 0 saturated heterocycles. The van der Waals surface area contributed by atoms with Crippen molar-refractivity contribution in [2.75, 3.05) is 0 Å². The third-order valence-electron chi connectivity index (χ3n) is 5.37. The molecule has 3 nitrogen and oxygen atoms in total. The highest BCUT2D eigenvalue weighted by atomic mass is 19.4. The van der Waals surface area contributed by atoms with Gasteiger partial charge >= 0.3 is 18.0 Å². The average Bonchev–Trinajstić information content (AvgIpc) is 2.75. The lowest BCUT2D eigenvalue weighted by atomic mass is 9.91. The molecule has 3 aromatic carbocycles. The SMILES string of the molecule is O=c1c2ccccc2c2cc(C(F)(C(O)(F)F)C(F)(F)F)ccc2n1Cc1ccccc1. The van der Waals surface area contributed by atoms with Crippen LogP contribution in [0.4, 0.5) is 26.3 Å². The summed E-state index contributed by atoms with van der Waals surface area (Å²) in [6, 6.07) is 16.8. The highest BCUT2D eigenvalue weighted by Crippen LogP contribution is 2.51. The van der Waals surface area contributed by atoms with E-state index in [1.165, 1.54) is 22.8 Å². The van der Waals surface area contributed by atoms with Crippen molar-refractivity contribution in [2.24, 2.45) is 0 Å². The van der Waals surface area contributed by atoms with Crippen molar-refractivity contribution in [1.82, 2.24) is 4.57 Å². The number of hydrogen-bond donors (Lipinski definition) is 1. The van der Waals surface area contributed by atoms with E-state index in [9.17, 15) is 31.1 Å². The second-order valence-electron chi connectivity index (χ2n) is 7.35. The number of alkyl halides is 6. The van der Waals surface area contributed by atoms with Gasteiger partial charge in [-0.2, -0.15) is 22.0 Å². The Morgan fingerprint density at radius 3 is 1.94 bits per heavy atom. The highest BCUT2D eigenvalue weighted by Gasteiger charge is 2.72. The standard InChI is InChI=1S/C23H15F6NO2/c24-21(22(25,26)27,23(28,29)32)15-10-11-19-18(12-15)16-8-4-5-9-17(16)20(31)30(19)13-14-6-2-1-3-7-14/h1-12,32H,13H2. The summed E-state index contributed by atoms with van der Waals surface area (Å²) < 4.78 is 83.2. The van der Waals surface area contributed by atoms with Gasteiger partial charge < -0.3 is 9.67 Å². The summed E-state index contributed by atoms with van der Waals surface area (Å²) in [5.41, 5.74) is -6.41. The monoisotopic (exact) mass is 451 g/mol. The van der Waals surface area contributed by atoms with Crippen LogP contribution >= 0.6 is 0 Å². The first kappa shape index (κ1) is 21.9. The fraction of sp³-hybridized carbons (Fsp3) is 0.174. The Morgan fingerprint density at radius 1 is 0.750 bits per heavy atom. The van der Waals surface area contributed by atoms with Crippen LogP contribution in [0.2, 0.25) is 0 Å². The second-order valence-corrected chi connectivity index (χ2v) is 7.35. The lowest BCUT2D eigenvalue weighted by Crippen LogP contribution is -2.52. The molecule has 0 aliphatic rings. The van der Waals surface area contributed by atoms with E-state index in [4.69, 9.17) is 5.11 Å². The molecule has 0 bridgehead atoms. The Kier molecular flexibility index (Phi) is 5.04. The maximum atomic E-state index is 14.8. The molecule has 0 aliphatic heterocycles. The molecule has 166 valence electrons. The van der Waals surface area contributed by atoms with Crippen LogP contribution in [0.1, 0.15) is 11.1 Å². The Balaban J connectivity index is 2.07. The summed E-state index contributed by atoms with van der Waals surface area (Å²) in [6.07, 6.45) is -11.8. The van der Waals surface area contributed by atoms with Gasteiger partial charge in [0.05, 0.1) is 12.1 Å². The van der Waals surface area contributed by atoms with Gasteiger partial charge in [0.2, 0.25) is 0 Å². The van der Waals surface area contributed by atoms with Crippen LogP contribution in [0, 0.1) is 0 Å². The van der Waals surface area contributed by atoms with Gasteiger partial charge in [-0.05, 0) is 29.1 Å². The summed E-state index contributed by atoms with van der Waals surface area (Å²) in [6.45, 7) is 0.0521. The van der Waals surface area contributed by atoms with Gasteiger partial charge in [0, 0.05) is 16.3 Å². The number of pyridine rings is 1.